The Morgan fingerprint density at radius 1 is 1.44 bits per heavy atom. The molecule has 0 spiro atoms. The van der Waals surface area contributed by atoms with E-state index < -0.39 is 29.1 Å². The van der Waals surface area contributed by atoms with Gasteiger partial charge < -0.3 is 10.5 Å². The molecule has 1 aromatic heterocycles. The quantitative estimate of drug-likeness (QED) is 0.765. The number of carbonyl (C=O) groups excluding carboxylic acids is 1. The van der Waals surface area contributed by atoms with E-state index in [1.807, 2.05) is 0 Å². The van der Waals surface area contributed by atoms with Crippen LogP contribution in [0.3, 0.4) is 0 Å². The Morgan fingerprint density at radius 3 is 2.63 bits per heavy atom. The highest BCUT2D eigenvalue weighted by atomic mass is 79.9. The van der Waals surface area contributed by atoms with E-state index in [0.717, 1.165) is 15.6 Å². The molecule has 2 N–H and O–H groups in total. The molecule has 0 aliphatic carbocycles. The molecule has 10 heteroatoms. The SMILES string of the molecule is CC(C)(C)C(OC(N)=O)C(=CF)Cn1ncn(-c2ccc(Br)cc2F)c1=O. The molecule has 0 fully saturated rings. The van der Waals surface area contributed by atoms with Gasteiger partial charge in [-0.05, 0) is 18.2 Å². The summed E-state index contributed by atoms with van der Waals surface area (Å²) in [5.41, 5.74) is 3.70. The van der Waals surface area contributed by atoms with E-state index >= 15 is 0 Å². The van der Waals surface area contributed by atoms with Gasteiger partial charge >= 0.3 is 11.8 Å². The topological polar surface area (TPSA) is 92.1 Å². The summed E-state index contributed by atoms with van der Waals surface area (Å²) in [6.07, 6.45) is -0.693. The lowest BCUT2D eigenvalue weighted by molar-refractivity contribution is 0.0566. The van der Waals surface area contributed by atoms with E-state index in [0.29, 0.717) is 4.47 Å². The molecule has 1 aromatic carbocycles. The fourth-order valence-electron chi connectivity index (χ4n) is 2.56. The van der Waals surface area contributed by atoms with Gasteiger partial charge in [-0.25, -0.2) is 27.6 Å². The number of amides is 1. The minimum absolute atomic E-state index is 0.000912. The Kier molecular flexibility index (Phi) is 6.19. The number of primary amides is 1. The van der Waals surface area contributed by atoms with Gasteiger partial charge in [0.05, 0.1) is 18.6 Å². The molecule has 7 nitrogen and oxygen atoms in total. The molecule has 0 bridgehead atoms. The van der Waals surface area contributed by atoms with E-state index in [-0.39, 0.29) is 24.1 Å². The predicted molar refractivity (Wildman–Crippen MR) is 98.6 cm³/mol. The molecule has 1 heterocycles. The lowest BCUT2D eigenvalue weighted by Gasteiger charge is -2.31. The molecular weight excluding hydrogens is 426 g/mol. The molecule has 0 radical (unpaired) electrons. The highest BCUT2D eigenvalue weighted by Crippen LogP contribution is 2.29. The highest BCUT2D eigenvalue weighted by Gasteiger charge is 2.32. The molecule has 1 amide bonds. The van der Waals surface area contributed by atoms with Crippen molar-refractivity contribution in [3.05, 3.63) is 57.2 Å². The standard InChI is InChI=1S/C17H19BrF2N4O3/c1-17(2,3)14(27-15(21)25)10(7-19)8-24-16(26)23(9-22-24)13-5-4-11(18)6-12(13)20/h4-7,9,14H,8H2,1-3H3,(H2,21,25). The summed E-state index contributed by atoms with van der Waals surface area (Å²) in [7, 11) is 0. The van der Waals surface area contributed by atoms with Gasteiger partial charge in [-0.3, -0.25) is 0 Å². The van der Waals surface area contributed by atoms with Gasteiger partial charge in [0.1, 0.15) is 18.2 Å². The first kappa shape index (κ1) is 20.8. The van der Waals surface area contributed by atoms with Gasteiger partial charge in [0.2, 0.25) is 0 Å². The average molecular weight is 445 g/mol. The van der Waals surface area contributed by atoms with Crippen LogP contribution >= 0.6 is 15.9 Å². The van der Waals surface area contributed by atoms with Gasteiger partial charge in [-0.1, -0.05) is 36.7 Å². The second kappa shape index (κ2) is 8.03. The Morgan fingerprint density at radius 2 is 2.11 bits per heavy atom. The third kappa shape index (κ3) is 4.82. The number of aromatic nitrogens is 3. The summed E-state index contributed by atoms with van der Waals surface area (Å²) in [5.74, 6) is -0.628. The van der Waals surface area contributed by atoms with Crippen molar-refractivity contribution in [1.29, 1.82) is 0 Å². The molecular formula is C17H19BrF2N4O3. The van der Waals surface area contributed by atoms with Crippen LogP contribution in [0.25, 0.3) is 5.69 Å². The van der Waals surface area contributed by atoms with Gasteiger partial charge in [-0.15, -0.1) is 0 Å². The molecule has 0 saturated heterocycles. The van der Waals surface area contributed by atoms with Crippen molar-refractivity contribution in [2.75, 3.05) is 0 Å². The Bertz CT molecular complexity index is 931. The lowest BCUT2D eigenvalue weighted by Crippen LogP contribution is -2.37. The third-order valence-corrected chi connectivity index (χ3v) is 4.23. The summed E-state index contributed by atoms with van der Waals surface area (Å²) in [6.45, 7) is 4.88. The molecule has 27 heavy (non-hydrogen) atoms. The summed E-state index contributed by atoms with van der Waals surface area (Å²) in [6, 6.07) is 4.20. The maximum absolute atomic E-state index is 14.1. The molecule has 146 valence electrons. The van der Waals surface area contributed by atoms with Crippen molar-refractivity contribution in [2.45, 2.75) is 33.4 Å². The van der Waals surface area contributed by atoms with E-state index in [1.54, 1.807) is 26.8 Å². The van der Waals surface area contributed by atoms with Crippen molar-refractivity contribution in [3.8, 4) is 5.69 Å². The van der Waals surface area contributed by atoms with E-state index in [4.69, 9.17) is 10.5 Å². The zero-order chi connectivity index (χ0) is 20.4. The number of hydrogen-bond acceptors (Lipinski definition) is 4. The second-order valence-corrected chi connectivity index (χ2v) is 7.82. The van der Waals surface area contributed by atoms with Crippen LogP contribution in [0.15, 0.2) is 45.7 Å². The number of benzene rings is 1. The van der Waals surface area contributed by atoms with Crippen molar-refractivity contribution in [1.82, 2.24) is 14.3 Å². The average Bonchev–Trinajstić information content (AvgIpc) is 2.90. The van der Waals surface area contributed by atoms with E-state index in [1.165, 1.54) is 12.1 Å². The molecule has 0 aliphatic rings. The van der Waals surface area contributed by atoms with Crippen molar-refractivity contribution >= 4 is 22.0 Å². The fourth-order valence-corrected chi connectivity index (χ4v) is 2.89. The molecule has 0 saturated carbocycles. The number of nitrogens with two attached hydrogens (primary N) is 1. The second-order valence-electron chi connectivity index (χ2n) is 6.90. The van der Waals surface area contributed by atoms with Crippen LogP contribution in [-0.2, 0) is 11.3 Å². The molecule has 2 aromatic rings. The van der Waals surface area contributed by atoms with Crippen LogP contribution in [-0.4, -0.2) is 26.5 Å². The molecule has 0 aliphatic heterocycles. The van der Waals surface area contributed by atoms with E-state index in [9.17, 15) is 18.4 Å². The summed E-state index contributed by atoms with van der Waals surface area (Å²) < 4.78 is 35.1. The van der Waals surface area contributed by atoms with Crippen molar-refractivity contribution in [3.63, 3.8) is 0 Å². The minimum atomic E-state index is -1.07. The van der Waals surface area contributed by atoms with Gasteiger partial charge in [0.25, 0.3) is 0 Å². The number of carbonyl (C=O) groups is 1. The number of ether oxygens (including phenoxy) is 1. The predicted octanol–water partition coefficient (Wildman–Crippen LogP) is 3.30. The Hall–Kier alpha value is -2.49. The number of rotatable bonds is 5. The first-order chi connectivity index (χ1) is 12.5. The van der Waals surface area contributed by atoms with E-state index in [2.05, 4.69) is 21.0 Å². The Balaban J connectivity index is 2.38. The minimum Gasteiger partial charge on any atom is -0.441 e. The summed E-state index contributed by atoms with van der Waals surface area (Å²) in [4.78, 5) is 23.7. The lowest BCUT2D eigenvalue weighted by atomic mass is 9.84. The third-order valence-electron chi connectivity index (χ3n) is 3.73. The first-order valence-electron chi connectivity index (χ1n) is 7.89. The maximum Gasteiger partial charge on any atom is 0.405 e. The molecule has 1 atom stereocenters. The van der Waals surface area contributed by atoms with Crippen LogP contribution in [0.2, 0.25) is 0 Å². The van der Waals surface area contributed by atoms with Crippen LogP contribution in [0.1, 0.15) is 20.8 Å². The summed E-state index contributed by atoms with van der Waals surface area (Å²) in [5, 5.41) is 3.90. The normalized spacial score (nSPS) is 13.5. The highest BCUT2D eigenvalue weighted by molar-refractivity contribution is 9.10. The zero-order valence-electron chi connectivity index (χ0n) is 14.9. The van der Waals surface area contributed by atoms with Crippen molar-refractivity contribution < 1.29 is 18.3 Å². The number of halogens is 3. The number of hydrogen-bond donors (Lipinski definition) is 1. The van der Waals surface area contributed by atoms with Crippen LogP contribution < -0.4 is 11.4 Å². The largest absolute Gasteiger partial charge is 0.441 e. The first-order valence-corrected chi connectivity index (χ1v) is 8.69. The monoisotopic (exact) mass is 444 g/mol. The molecule has 2 rings (SSSR count). The van der Waals surface area contributed by atoms with Crippen LogP contribution in [0.5, 0.6) is 0 Å². The van der Waals surface area contributed by atoms with Crippen molar-refractivity contribution in [2.24, 2.45) is 11.1 Å². The zero-order valence-corrected chi connectivity index (χ0v) is 16.5. The molecule has 1 unspecified atom stereocenters. The van der Waals surface area contributed by atoms with Gasteiger partial charge in [0, 0.05) is 15.5 Å². The van der Waals surface area contributed by atoms with Gasteiger partial charge in [-0.2, -0.15) is 5.10 Å². The Labute approximate surface area is 162 Å². The smallest absolute Gasteiger partial charge is 0.405 e. The fraction of sp³-hybridized carbons (Fsp3) is 0.353. The van der Waals surface area contributed by atoms with Crippen LogP contribution in [0, 0.1) is 11.2 Å². The number of nitrogens with zero attached hydrogens (tertiary/aromatic N) is 3. The maximum atomic E-state index is 14.1. The van der Waals surface area contributed by atoms with Crippen LogP contribution in [0.4, 0.5) is 13.6 Å². The summed E-state index contributed by atoms with van der Waals surface area (Å²) >= 11 is 3.14. The van der Waals surface area contributed by atoms with Gasteiger partial charge in [0.15, 0.2) is 0 Å².